The van der Waals surface area contributed by atoms with Crippen molar-refractivity contribution in [3.05, 3.63) is 65.7 Å². The van der Waals surface area contributed by atoms with Crippen LogP contribution in [0.3, 0.4) is 0 Å². The maximum absolute atomic E-state index is 12.9. The molecule has 0 radical (unpaired) electrons. The molecule has 4 nitrogen and oxygen atoms in total. The largest absolute Gasteiger partial charge is 0.455 e. The van der Waals surface area contributed by atoms with Crippen molar-refractivity contribution >= 4 is 5.97 Å². The lowest BCUT2D eigenvalue weighted by molar-refractivity contribution is -0.904. The van der Waals surface area contributed by atoms with E-state index in [-0.39, 0.29) is 11.9 Å². The first kappa shape index (κ1) is 35.9. The van der Waals surface area contributed by atoms with Crippen LogP contribution in [0.25, 0.3) is 0 Å². The van der Waals surface area contributed by atoms with E-state index >= 15 is 0 Å². The maximum Gasteiger partial charge on any atom is 0.311 e. The topological polar surface area (TPSA) is 35.5 Å². The molecule has 0 aliphatic heterocycles. The van der Waals surface area contributed by atoms with Gasteiger partial charge in [0.2, 0.25) is 6.29 Å². The predicted molar refractivity (Wildman–Crippen MR) is 178 cm³/mol. The Hall–Kier alpha value is -2.33. The molecule has 0 aliphatic carbocycles. The Balaban J connectivity index is 1.65. The van der Waals surface area contributed by atoms with Crippen molar-refractivity contribution in [1.82, 2.24) is 0 Å². The second-order valence-electron chi connectivity index (χ2n) is 13.0. The quantitative estimate of drug-likeness (QED) is 0.0536. The van der Waals surface area contributed by atoms with Crippen LogP contribution in [0, 0.1) is 5.92 Å². The van der Waals surface area contributed by atoms with Crippen molar-refractivity contribution in [2.24, 2.45) is 5.92 Å². The number of carbonyl (C=O) groups is 1. The van der Waals surface area contributed by atoms with E-state index < -0.39 is 6.29 Å². The summed E-state index contributed by atoms with van der Waals surface area (Å²) in [5.41, 5.74) is 2.66. The summed E-state index contributed by atoms with van der Waals surface area (Å²) in [6.45, 7) is 8.20. The van der Waals surface area contributed by atoms with Gasteiger partial charge in [0, 0.05) is 18.4 Å². The summed E-state index contributed by atoms with van der Waals surface area (Å²) in [6, 6.07) is 18.9. The van der Waals surface area contributed by atoms with E-state index in [9.17, 15) is 4.79 Å². The summed E-state index contributed by atoms with van der Waals surface area (Å²) in [7, 11) is 4.44. The van der Waals surface area contributed by atoms with Gasteiger partial charge in [0.15, 0.2) is 0 Å². The van der Waals surface area contributed by atoms with Gasteiger partial charge in [0.1, 0.15) is 12.3 Å². The van der Waals surface area contributed by atoms with Crippen molar-refractivity contribution in [2.75, 3.05) is 20.6 Å². The molecular formula is C38H62NO3+. The molecule has 0 saturated heterocycles. The highest BCUT2D eigenvalue weighted by Gasteiger charge is 2.24. The molecule has 236 valence electrons. The summed E-state index contributed by atoms with van der Waals surface area (Å²) in [5.74, 6) is 0.434. The molecule has 0 heterocycles. The Labute approximate surface area is 258 Å². The summed E-state index contributed by atoms with van der Waals surface area (Å²) in [5, 5.41) is 0. The van der Waals surface area contributed by atoms with E-state index in [1.807, 2.05) is 25.1 Å². The van der Waals surface area contributed by atoms with Crippen molar-refractivity contribution in [1.29, 1.82) is 0 Å². The van der Waals surface area contributed by atoms with Gasteiger partial charge < -0.3 is 14.0 Å². The average Bonchev–Trinajstić information content (AvgIpc) is 2.97. The van der Waals surface area contributed by atoms with E-state index in [0.29, 0.717) is 6.42 Å². The molecule has 4 heteroatoms. The molecule has 2 atom stereocenters. The molecule has 2 rings (SSSR count). The van der Waals surface area contributed by atoms with Crippen LogP contribution in [0.5, 0.6) is 5.75 Å². The van der Waals surface area contributed by atoms with E-state index in [0.717, 1.165) is 42.6 Å². The molecule has 0 aromatic heterocycles. The van der Waals surface area contributed by atoms with Gasteiger partial charge in [-0.15, -0.1) is 0 Å². The molecule has 0 aliphatic rings. The Morgan fingerprint density at radius 3 is 1.83 bits per heavy atom. The summed E-state index contributed by atoms with van der Waals surface area (Å²) < 4.78 is 12.8. The van der Waals surface area contributed by atoms with Crippen LogP contribution in [-0.2, 0) is 22.5 Å². The minimum atomic E-state index is -0.543. The van der Waals surface area contributed by atoms with E-state index in [2.05, 4.69) is 64.3 Å². The molecule has 0 spiro atoms. The van der Waals surface area contributed by atoms with Gasteiger partial charge in [0.05, 0.1) is 26.6 Å². The van der Waals surface area contributed by atoms with Crippen molar-refractivity contribution in [2.45, 2.75) is 136 Å². The van der Waals surface area contributed by atoms with Gasteiger partial charge in [-0.05, 0) is 37.0 Å². The Morgan fingerprint density at radius 1 is 0.690 bits per heavy atom. The van der Waals surface area contributed by atoms with Gasteiger partial charge in [-0.1, -0.05) is 134 Å². The van der Waals surface area contributed by atoms with Gasteiger partial charge in [-0.3, -0.25) is 4.79 Å². The highest BCUT2D eigenvalue weighted by atomic mass is 16.7. The molecule has 2 unspecified atom stereocenters. The third kappa shape index (κ3) is 16.3. The average molecular weight is 581 g/mol. The predicted octanol–water partition coefficient (Wildman–Crippen LogP) is 10.3. The monoisotopic (exact) mass is 580 g/mol. The van der Waals surface area contributed by atoms with Crippen molar-refractivity contribution < 1.29 is 18.8 Å². The molecule has 2 aromatic carbocycles. The molecule has 0 amide bonds. The fourth-order valence-electron chi connectivity index (χ4n) is 5.50. The third-order valence-corrected chi connectivity index (χ3v) is 8.31. The first-order valence-corrected chi connectivity index (χ1v) is 17.1. The molecule has 2 aromatic rings. The molecular weight excluding hydrogens is 518 g/mol. The first-order chi connectivity index (χ1) is 20.3. The van der Waals surface area contributed by atoms with E-state index in [1.165, 1.54) is 88.2 Å². The van der Waals surface area contributed by atoms with Gasteiger partial charge in [0.25, 0.3) is 0 Å². The first-order valence-electron chi connectivity index (χ1n) is 17.1. The Morgan fingerprint density at radius 2 is 1.26 bits per heavy atom. The SMILES string of the molecule is CCCCCCCCCCCCCCc1ccc(OC(CCC)OC(=O)C(C)CC[N+](C)(C)Cc2ccccc2)cc1. The highest BCUT2D eigenvalue weighted by Crippen LogP contribution is 2.20. The summed E-state index contributed by atoms with van der Waals surface area (Å²) in [4.78, 5) is 12.9. The van der Waals surface area contributed by atoms with Crippen LogP contribution in [0.4, 0.5) is 0 Å². The number of hydrogen-bond donors (Lipinski definition) is 0. The minimum Gasteiger partial charge on any atom is -0.455 e. The number of ether oxygens (including phenoxy) is 2. The summed E-state index contributed by atoms with van der Waals surface area (Å²) in [6.07, 6.45) is 19.4. The van der Waals surface area contributed by atoms with Crippen LogP contribution in [0.15, 0.2) is 54.6 Å². The van der Waals surface area contributed by atoms with Crippen LogP contribution in [-0.4, -0.2) is 37.4 Å². The van der Waals surface area contributed by atoms with Crippen LogP contribution < -0.4 is 4.74 Å². The third-order valence-electron chi connectivity index (χ3n) is 8.31. The maximum atomic E-state index is 12.9. The zero-order valence-electron chi connectivity index (χ0n) is 27.8. The number of esters is 1. The number of unbranched alkanes of at least 4 members (excludes halogenated alkanes) is 11. The fraction of sp³-hybridized carbons (Fsp3) is 0.658. The Bertz CT molecular complexity index is 941. The molecule has 42 heavy (non-hydrogen) atoms. The van der Waals surface area contributed by atoms with E-state index in [1.54, 1.807) is 0 Å². The lowest BCUT2D eigenvalue weighted by Crippen LogP contribution is -2.41. The highest BCUT2D eigenvalue weighted by molar-refractivity contribution is 5.72. The smallest absolute Gasteiger partial charge is 0.311 e. The van der Waals surface area contributed by atoms with Gasteiger partial charge >= 0.3 is 5.97 Å². The molecule has 0 saturated carbocycles. The number of aryl methyl sites for hydroxylation is 1. The normalized spacial score (nSPS) is 13.1. The van der Waals surface area contributed by atoms with Crippen molar-refractivity contribution in [3.63, 3.8) is 0 Å². The van der Waals surface area contributed by atoms with Crippen molar-refractivity contribution in [3.8, 4) is 5.75 Å². The van der Waals surface area contributed by atoms with Gasteiger partial charge in [-0.2, -0.15) is 0 Å². The zero-order valence-corrected chi connectivity index (χ0v) is 27.8. The zero-order chi connectivity index (χ0) is 30.5. The number of benzene rings is 2. The number of quaternary nitrogens is 1. The van der Waals surface area contributed by atoms with E-state index in [4.69, 9.17) is 9.47 Å². The van der Waals surface area contributed by atoms with Crippen LogP contribution in [0.1, 0.15) is 128 Å². The lowest BCUT2D eigenvalue weighted by atomic mass is 10.0. The Kier molecular flexibility index (Phi) is 18.3. The number of rotatable bonds is 24. The standard InChI is InChI=1S/C38H62NO3/c1-6-8-9-10-11-12-13-14-15-16-17-19-23-34-26-28-36(29-27-34)41-37(22-7-2)42-38(40)33(3)30-31-39(4,5)32-35-24-20-18-21-25-35/h18,20-21,24-29,33,37H,6-17,19,22-23,30-32H2,1-5H3/q+1. The minimum absolute atomic E-state index is 0.168. The second-order valence-corrected chi connectivity index (χ2v) is 13.0. The summed E-state index contributed by atoms with van der Waals surface area (Å²) >= 11 is 0. The second kappa shape index (κ2) is 21.4. The lowest BCUT2D eigenvalue weighted by Gasteiger charge is -2.31. The fourth-order valence-corrected chi connectivity index (χ4v) is 5.50. The van der Waals surface area contributed by atoms with Crippen LogP contribution in [0.2, 0.25) is 0 Å². The number of hydrogen-bond acceptors (Lipinski definition) is 3. The molecule has 0 N–H and O–H groups in total. The molecule has 0 bridgehead atoms. The van der Waals surface area contributed by atoms with Gasteiger partial charge in [-0.25, -0.2) is 0 Å². The molecule has 0 fully saturated rings. The van der Waals surface area contributed by atoms with Crippen LogP contribution >= 0.6 is 0 Å². The number of nitrogens with zero attached hydrogens (tertiary/aromatic N) is 1. The number of carbonyl (C=O) groups excluding carboxylic acids is 1.